The lowest BCUT2D eigenvalue weighted by molar-refractivity contribution is -0.145. The summed E-state index contributed by atoms with van der Waals surface area (Å²) < 4.78 is 15.5. The standard InChI is InChI=1S/C17H22O5/c1-3-21-16(18)10-15(13-7-8-13)22-17(19)14-6-4-5-12(9-14)11-20-2/h4-6,9,13,15H,3,7-8,10-11H2,1-2H3/t15-/m1/s1. The van der Waals surface area contributed by atoms with E-state index in [4.69, 9.17) is 14.2 Å². The Balaban J connectivity index is 1.98. The van der Waals surface area contributed by atoms with Gasteiger partial charge < -0.3 is 14.2 Å². The molecule has 0 bridgehead atoms. The Hall–Kier alpha value is -1.88. The van der Waals surface area contributed by atoms with Gasteiger partial charge in [-0.05, 0) is 43.4 Å². The molecule has 1 saturated carbocycles. The summed E-state index contributed by atoms with van der Waals surface area (Å²) in [4.78, 5) is 23.9. The molecular weight excluding hydrogens is 284 g/mol. The predicted octanol–water partition coefficient (Wildman–Crippen LogP) is 2.72. The highest BCUT2D eigenvalue weighted by Crippen LogP contribution is 2.36. The van der Waals surface area contributed by atoms with Crippen molar-refractivity contribution in [3.05, 3.63) is 35.4 Å². The molecule has 5 nitrogen and oxygen atoms in total. The molecule has 0 saturated heterocycles. The van der Waals surface area contributed by atoms with Crippen molar-refractivity contribution in [1.82, 2.24) is 0 Å². The number of hydrogen-bond donors (Lipinski definition) is 0. The van der Waals surface area contributed by atoms with Crippen LogP contribution in [0, 0.1) is 5.92 Å². The van der Waals surface area contributed by atoms with Gasteiger partial charge in [-0.1, -0.05) is 12.1 Å². The van der Waals surface area contributed by atoms with Crippen molar-refractivity contribution in [3.8, 4) is 0 Å². The molecule has 0 amide bonds. The van der Waals surface area contributed by atoms with E-state index in [9.17, 15) is 9.59 Å². The Bertz CT molecular complexity index is 522. The van der Waals surface area contributed by atoms with Crippen molar-refractivity contribution >= 4 is 11.9 Å². The third kappa shape index (κ3) is 4.84. The molecule has 5 heteroatoms. The quantitative estimate of drug-likeness (QED) is 0.691. The highest BCUT2D eigenvalue weighted by molar-refractivity contribution is 5.90. The number of ether oxygens (including phenoxy) is 3. The maximum absolute atomic E-state index is 12.3. The van der Waals surface area contributed by atoms with E-state index in [-0.39, 0.29) is 18.3 Å². The fourth-order valence-corrected chi connectivity index (χ4v) is 2.32. The minimum Gasteiger partial charge on any atom is -0.466 e. The second kappa shape index (κ2) is 7.94. The highest BCUT2D eigenvalue weighted by Gasteiger charge is 2.36. The van der Waals surface area contributed by atoms with Gasteiger partial charge >= 0.3 is 11.9 Å². The van der Waals surface area contributed by atoms with Crippen LogP contribution in [0.5, 0.6) is 0 Å². The average molecular weight is 306 g/mol. The van der Waals surface area contributed by atoms with Crippen molar-refractivity contribution in [2.24, 2.45) is 5.92 Å². The smallest absolute Gasteiger partial charge is 0.338 e. The second-order valence-corrected chi connectivity index (χ2v) is 5.42. The topological polar surface area (TPSA) is 61.8 Å². The summed E-state index contributed by atoms with van der Waals surface area (Å²) in [6.07, 6.45) is 1.71. The van der Waals surface area contributed by atoms with Crippen LogP contribution in [0.2, 0.25) is 0 Å². The molecular formula is C17H22O5. The van der Waals surface area contributed by atoms with Gasteiger partial charge in [0.05, 0.1) is 25.2 Å². The molecule has 1 atom stereocenters. The van der Waals surface area contributed by atoms with Gasteiger partial charge in [0, 0.05) is 7.11 Å². The van der Waals surface area contributed by atoms with Crippen molar-refractivity contribution in [2.75, 3.05) is 13.7 Å². The lowest BCUT2D eigenvalue weighted by Gasteiger charge is -2.17. The zero-order chi connectivity index (χ0) is 15.9. The maximum atomic E-state index is 12.3. The Morgan fingerprint density at radius 2 is 2.09 bits per heavy atom. The van der Waals surface area contributed by atoms with E-state index < -0.39 is 12.1 Å². The zero-order valence-electron chi connectivity index (χ0n) is 13.0. The third-order valence-corrected chi connectivity index (χ3v) is 3.55. The number of esters is 2. The van der Waals surface area contributed by atoms with Gasteiger partial charge in [0.25, 0.3) is 0 Å². The van der Waals surface area contributed by atoms with Crippen LogP contribution in [-0.4, -0.2) is 31.8 Å². The van der Waals surface area contributed by atoms with Crippen LogP contribution >= 0.6 is 0 Å². The number of benzene rings is 1. The summed E-state index contributed by atoms with van der Waals surface area (Å²) in [6, 6.07) is 7.13. The number of methoxy groups -OCH3 is 1. The summed E-state index contributed by atoms with van der Waals surface area (Å²) in [5, 5.41) is 0. The monoisotopic (exact) mass is 306 g/mol. The minimum absolute atomic E-state index is 0.127. The number of hydrogen-bond acceptors (Lipinski definition) is 5. The molecule has 120 valence electrons. The van der Waals surface area contributed by atoms with Crippen LogP contribution in [-0.2, 0) is 25.6 Å². The molecule has 2 rings (SSSR count). The maximum Gasteiger partial charge on any atom is 0.338 e. The number of rotatable bonds is 8. The molecule has 0 unspecified atom stereocenters. The molecule has 0 spiro atoms. The van der Waals surface area contributed by atoms with Crippen LogP contribution in [0.1, 0.15) is 42.1 Å². The predicted molar refractivity (Wildman–Crippen MR) is 80.3 cm³/mol. The van der Waals surface area contributed by atoms with Gasteiger partial charge in [-0.2, -0.15) is 0 Å². The number of carbonyl (C=O) groups is 2. The van der Waals surface area contributed by atoms with Gasteiger partial charge in [-0.3, -0.25) is 4.79 Å². The van der Waals surface area contributed by atoms with Crippen LogP contribution in [0.3, 0.4) is 0 Å². The minimum atomic E-state index is -0.404. The number of carbonyl (C=O) groups excluding carboxylic acids is 2. The molecule has 0 radical (unpaired) electrons. The van der Waals surface area contributed by atoms with E-state index in [0.29, 0.717) is 18.8 Å². The summed E-state index contributed by atoms with van der Waals surface area (Å²) in [5.74, 6) is -0.449. The van der Waals surface area contributed by atoms with Crippen LogP contribution in [0.25, 0.3) is 0 Å². The Labute approximate surface area is 130 Å². The Kier molecular flexibility index (Phi) is 5.95. The van der Waals surface area contributed by atoms with Gasteiger partial charge in [0.2, 0.25) is 0 Å². The molecule has 0 aromatic heterocycles. The van der Waals surface area contributed by atoms with Gasteiger partial charge in [0.1, 0.15) is 6.10 Å². The molecule has 1 fully saturated rings. The van der Waals surface area contributed by atoms with Crippen molar-refractivity contribution in [1.29, 1.82) is 0 Å². The van der Waals surface area contributed by atoms with E-state index in [1.54, 1.807) is 32.2 Å². The average Bonchev–Trinajstić information content (AvgIpc) is 3.32. The van der Waals surface area contributed by atoms with Gasteiger partial charge in [0.15, 0.2) is 0 Å². The fraction of sp³-hybridized carbons (Fsp3) is 0.529. The van der Waals surface area contributed by atoms with Crippen molar-refractivity contribution in [3.63, 3.8) is 0 Å². The summed E-state index contributed by atoms with van der Waals surface area (Å²) in [7, 11) is 1.60. The van der Waals surface area contributed by atoms with E-state index in [0.717, 1.165) is 18.4 Å². The van der Waals surface area contributed by atoms with Crippen molar-refractivity contribution in [2.45, 2.75) is 38.9 Å². The lowest BCUT2D eigenvalue weighted by Crippen LogP contribution is -2.24. The normalized spacial score (nSPS) is 15.2. The van der Waals surface area contributed by atoms with Crippen LogP contribution in [0.15, 0.2) is 24.3 Å². The highest BCUT2D eigenvalue weighted by atomic mass is 16.6. The molecule has 0 aliphatic heterocycles. The van der Waals surface area contributed by atoms with Crippen molar-refractivity contribution < 1.29 is 23.8 Å². The first-order valence-corrected chi connectivity index (χ1v) is 7.58. The zero-order valence-corrected chi connectivity index (χ0v) is 13.0. The molecule has 0 heterocycles. The molecule has 0 N–H and O–H groups in total. The van der Waals surface area contributed by atoms with E-state index >= 15 is 0 Å². The van der Waals surface area contributed by atoms with Gasteiger partial charge in [-0.15, -0.1) is 0 Å². The van der Waals surface area contributed by atoms with E-state index in [2.05, 4.69) is 0 Å². The molecule has 22 heavy (non-hydrogen) atoms. The summed E-state index contributed by atoms with van der Waals surface area (Å²) >= 11 is 0. The second-order valence-electron chi connectivity index (χ2n) is 5.42. The molecule has 1 aliphatic carbocycles. The van der Waals surface area contributed by atoms with Gasteiger partial charge in [-0.25, -0.2) is 4.79 Å². The first-order chi connectivity index (χ1) is 10.6. The molecule has 1 aromatic carbocycles. The SMILES string of the molecule is CCOC(=O)C[C@@H](OC(=O)c1cccc(COC)c1)C1CC1. The third-order valence-electron chi connectivity index (χ3n) is 3.55. The van der Waals surface area contributed by atoms with E-state index in [1.807, 2.05) is 6.07 Å². The first-order valence-electron chi connectivity index (χ1n) is 7.58. The largest absolute Gasteiger partial charge is 0.466 e. The first kappa shape index (κ1) is 16.5. The summed E-state index contributed by atoms with van der Waals surface area (Å²) in [6.45, 7) is 2.54. The van der Waals surface area contributed by atoms with E-state index in [1.165, 1.54) is 0 Å². The lowest BCUT2D eigenvalue weighted by atomic mass is 10.1. The fourth-order valence-electron chi connectivity index (χ4n) is 2.32. The molecule has 1 aromatic rings. The summed E-state index contributed by atoms with van der Waals surface area (Å²) in [5.41, 5.74) is 1.38. The molecule has 1 aliphatic rings. The van der Waals surface area contributed by atoms with Crippen LogP contribution < -0.4 is 0 Å². The Morgan fingerprint density at radius 1 is 1.32 bits per heavy atom. The Morgan fingerprint density at radius 3 is 2.73 bits per heavy atom. The van der Waals surface area contributed by atoms with Crippen LogP contribution in [0.4, 0.5) is 0 Å².